The summed E-state index contributed by atoms with van der Waals surface area (Å²) in [5.74, 6) is -2.30. The molecule has 2 N–H and O–H groups in total. The first-order valence-electron chi connectivity index (χ1n) is 4.68. The van der Waals surface area contributed by atoms with Gasteiger partial charge in [0.1, 0.15) is 0 Å². The van der Waals surface area contributed by atoms with Crippen LogP contribution in [0.25, 0.3) is 0 Å². The number of carbonyl (C=O) groups excluding carboxylic acids is 1. The van der Waals surface area contributed by atoms with E-state index >= 15 is 0 Å². The van der Waals surface area contributed by atoms with Crippen LogP contribution in [0.5, 0.6) is 0 Å². The van der Waals surface area contributed by atoms with E-state index in [4.69, 9.17) is 17.3 Å². The number of nitrogens with two attached hydrogens (primary N) is 1. The van der Waals surface area contributed by atoms with E-state index in [2.05, 4.69) is 0 Å². The lowest BCUT2D eigenvalue weighted by Gasteiger charge is -2.18. The van der Waals surface area contributed by atoms with Crippen LogP contribution in [0.15, 0.2) is 12.1 Å². The van der Waals surface area contributed by atoms with Gasteiger partial charge in [-0.15, -0.1) is 11.6 Å². The second-order valence-corrected chi connectivity index (χ2v) is 4.25. The Hall–Kier alpha value is -1.36. The minimum absolute atomic E-state index is 0.0259. The molecule has 0 aromatic heterocycles. The van der Waals surface area contributed by atoms with Gasteiger partial charge in [-0.3, -0.25) is 4.79 Å². The van der Waals surface area contributed by atoms with Gasteiger partial charge in [-0.2, -0.15) is 0 Å². The van der Waals surface area contributed by atoms with Gasteiger partial charge in [0.05, 0.1) is 16.8 Å². The standard InChI is InChI=1S/C10H9ClF2N2O/c11-5-1-10(16)15(4-5)9-3-7(13)6(12)2-8(9)14/h2-3,5H,1,4,14H2. The largest absolute Gasteiger partial charge is 0.397 e. The van der Waals surface area contributed by atoms with Crippen molar-refractivity contribution in [1.29, 1.82) is 0 Å². The summed E-state index contributed by atoms with van der Waals surface area (Å²) in [5.41, 5.74) is 5.73. The lowest BCUT2D eigenvalue weighted by Crippen LogP contribution is -2.25. The zero-order chi connectivity index (χ0) is 11.9. The van der Waals surface area contributed by atoms with E-state index in [1.54, 1.807) is 0 Å². The molecule has 16 heavy (non-hydrogen) atoms. The fourth-order valence-corrected chi connectivity index (χ4v) is 1.95. The first-order chi connectivity index (χ1) is 7.49. The maximum absolute atomic E-state index is 13.0. The van der Waals surface area contributed by atoms with Crippen molar-refractivity contribution in [3.05, 3.63) is 23.8 Å². The smallest absolute Gasteiger partial charge is 0.228 e. The highest BCUT2D eigenvalue weighted by Gasteiger charge is 2.30. The number of alkyl halides is 1. The van der Waals surface area contributed by atoms with Gasteiger partial charge in [-0.05, 0) is 0 Å². The van der Waals surface area contributed by atoms with Crippen LogP contribution in [0.4, 0.5) is 20.2 Å². The molecule has 0 saturated carbocycles. The molecule has 0 radical (unpaired) electrons. The van der Waals surface area contributed by atoms with Crippen LogP contribution in [-0.4, -0.2) is 17.8 Å². The Labute approximate surface area is 95.8 Å². The Morgan fingerprint density at radius 3 is 2.56 bits per heavy atom. The average molecular weight is 247 g/mol. The molecule has 1 unspecified atom stereocenters. The summed E-state index contributed by atoms with van der Waals surface area (Å²) in [6.07, 6.45) is 0.181. The second kappa shape index (κ2) is 3.90. The summed E-state index contributed by atoms with van der Waals surface area (Å²) in [5, 5.41) is -0.319. The van der Waals surface area contributed by atoms with Crippen molar-refractivity contribution >= 4 is 28.9 Å². The van der Waals surface area contributed by atoms with E-state index in [9.17, 15) is 13.6 Å². The molecule has 1 aromatic rings. The molecule has 1 fully saturated rings. The molecule has 1 heterocycles. The van der Waals surface area contributed by atoms with Gasteiger partial charge in [0, 0.05) is 25.1 Å². The average Bonchev–Trinajstić information content (AvgIpc) is 2.51. The highest BCUT2D eigenvalue weighted by Crippen LogP contribution is 2.30. The second-order valence-electron chi connectivity index (χ2n) is 3.63. The van der Waals surface area contributed by atoms with Crippen LogP contribution in [-0.2, 0) is 4.79 Å². The van der Waals surface area contributed by atoms with Crippen molar-refractivity contribution in [1.82, 2.24) is 0 Å². The summed E-state index contributed by atoms with van der Waals surface area (Å²) in [6, 6.07) is 1.77. The number of anilines is 2. The Balaban J connectivity index is 2.41. The van der Waals surface area contributed by atoms with Gasteiger partial charge in [0.15, 0.2) is 11.6 Å². The third-order valence-electron chi connectivity index (χ3n) is 2.44. The van der Waals surface area contributed by atoms with Gasteiger partial charge < -0.3 is 10.6 Å². The molecule has 0 aliphatic carbocycles. The van der Waals surface area contributed by atoms with E-state index in [1.807, 2.05) is 0 Å². The number of nitrogen functional groups attached to an aromatic ring is 1. The Morgan fingerprint density at radius 2 is 2.00 bits per heavy atom. The molecule has 1 aliphatic rings. The number of benzene rings is 1. The van der Waals surface area contributed by atoms with Crippen molar-refractivity contribution in [2.24, 2.45) is 0 Å². The molecule has 1 atom stereocenters. The molecule has 86 valence electrons. The van der Waals surface area contributed by atoms with Crippen LogP contribution in [0.2, 0.25) is 0 Å². The summed E-state index contributed by atoms with van der Waals surface area (Å²) < 4.78 is 25.9. The van der Waals surface area contributed by atoms with E-state index in [0.29, 0.717) is 0 Å². The van der Waals surface area contributed by atoms with Crippen molar-refractivity contribution in [2.75, 3.05) is 17.2 Å². The molecule has 0 bridgehead atoms. The minimum atomic E-state index is -1.03. The number of nitrogens with zero attached hydrogens (tertiary/aromatic N) is 1. The third-order valence-corrected chi connectivity index (χ3v) is 2.73. The van der Waals surface area contributed by atoms with Crippen LogP contribution < -0.4 is 10.6 Å². The highest BCUT2D eigenvalue weighted by molar-refractivity contribution is 6.24. The number of amides is 1. The van der Waals surface area contributed by atoms with Gasteiger partial charge in [0.2, 0.25) is 5.91 Å². The minimum Gasteiger partial charge on any atom is -0.397 e. The summed E-state index contributed by atoms with van der Waals surface area (Å²) in [4.78, 5) is 12.8. The van der Waals surface area contributed by atoms with Gasteiger partial charge >= 0.3 is 0 Å². The number of rotatable bonds is 1. The maximum atomic E-state index is 13.0. The molecule has 1 saturated heterocycles. The van der Waals surface area contributed by atoms with Crippen LogP contribution in [0.1, 0.15) is 6.42 Å². The number of hydrogen-bond acceptors (Lipinski definition) is 2. The molecule has 1 aliphatic heterocycles. The zero-order valence-corrected chi connectivity index (χ0v) is 8.97. The predicted molar refractivity (Wildman–Crippen MR) is 57.4 cm³/mol. The first-order valence-corrected chi connectivity index (χ1v) is 5.11. The summed E-state index contributed by atoms with van der Waals surface area (Å²) in [6.45, 7) is 0.260. The fourth-order valence-electron chi connectivity index (χ4n) is 1.68. The Bertz CT molecular complexity index is 453. The number of carbonyl (C=O) groups is 1. The van der Waals surface area contributed by atoms with Crippen molar-refractivity contribution < 1.29 is 13.6 Å². The van der Waals surface area contributed by atoms with E-state index in [1.165, 1.54) is 4.90 Å². The molecule has 6 heteroatoms. The fraction of sp³-hybridized carbons (Fsp3) is 0.300. The topological polar surface area (TPSA) is 46.3 Å². The van der Waals surface area contributed by atoms with Crippen LogP contribution in [0, 0.1) is 11.6 Å². The zero-order valence-electron chi connectivity index (χ0n) is 8.21. The van der Waals surface area contributed by atoms with Gasteiger partial charge in [-0.25, -0.2) is 8.78 Å². The third kappa shape index (κ3) is 1.82. The molecular weight excluding hydrogens is 238 g/mol. The summed E-state index contributed by atoms with van der Waals surface area (Å²) >= 11 is 5.80. The van der Waals surface area contributed by atoms with Gasteiger partial charge in [0.25, 0.3) is 0 Å². The molecule has 0 spiro atoms. The molecular formula is C10H9ClF2N2O. The van der Waals surface area contributed by atoms with Crippen molar-refractivity contribution in [3.63, 3.8) is 0 Å². The summed E-state index contributed by atoms with van der Waals surface area (Å²) in [7, 11) is 0. The van der Waals surface area contributed by atoms with E-state index in [0.717, 1.165) is 12.1 Å². The quantitative estimate of drug-likeness (QED) is 0.608. The number of hydrogen-bond donors (Lipinski definition) is 1. The lowest BCUT2D eigenvalue weighted by molar-refractivity contribution is -0.117. The number of halogens is 3. The predicted octanol–water partition coefficient (Wildman–Crippen LogP) is 1.89. The molecule has 3 nitrogen and oxygen atoms in total. The van der Waals surface area contributed by atoms with Gasteiger partial charge in [-0.1, -0.05) is 0 Å². The Kier molecular flexibility index (Phi) is 2.71. The normalized spacial score (nSPS) is 20.6. The molecule has 2 rings (SSSR count). The van der Waals surface area contributed by atoms with E-state index in [-0.39, 0.29) is 35.6 Å². The first kappa shape index (κ1) is 11.1. The lowest BCUT2D eigenvalue weighted by atomic mass is 10.2. The van der Waals surface area contributed by atoms with Crippen LogP contribution in [0.3, 0.4) is 0 Å². The monoisotopic (exact) mass is 246 g/mol. The maximum Gasteiger partial charge on any atom is 0.228 e. The highest BCUT2D eigenvalue weighted by atomic mass is 35.5. The van der Waals surface area contributed by atoms with Crippen molar-refractivity contribution in [3.8, 4) is 0 Å². The Morgan fingerprint density at radius 1 is 1.38 bits per heavy atom. The van der Waals surface area contributed by atoms with Crippen molar-refractivity contribution in [2.45, 2.75) is 11.8 Å². The van der Waals surface area contributed by atoms with E-state index < -0.39 is 11.6 Å². The molecule has 1 aromatic carbocycles. The SMILES string of the molecule is Nc1cc(F)c(F)cc1N1CC(Cl)CC1=O. The molecule has 1 amide bonds. The van der Waals surface area contributed by atoms with Crippen LogP contribution >= 0.6 is 11.6 Å².